The molecule has 0 unspecified atom stereocenters. The lowest BCUT2D eigenvalue weighted by Gasteiger charge is -2.07. The molecule has 7 heteroatoms. The topological polar surface area (TPSA) is 85.2 Å². The molecule has 0 fully saturated rings. The number of hydrogen-bond acceptors (Lipinski definition) is 4. The fourth-order valence-corrected chi connectivity index (χ4v) is 2.29. The van der Waals surface area contributed by atoms with E-state index in [4.69, 9.17) is 19.3 Å². The molecule has 0 spiro atoms. The Hall–Kier alpha value is -2.27. The van der Waals surface area contributed by atoms with Crippen LogP contribution in [0.3, 0.4) is 0 Å². The van der Waals surface area contributed by atoms with E-state index in [2.05, 4.69) is 4.52 Å². The fraction of sp³-hybridized carbons (Fsp3) is 0.125. The van der Waals surface area contributed by atoms with Crippen molar-refractivity contribution in [2.45, 2.75) is 0 Å². The lowest BCUT2D eigenvalue weighted by atomic mass is 10.1. The summed E-state index contributed by atoms with van der Waals surface area (Å²) in [6, 6.07) is 11.9. The summed E-state index contributed by atoms with van der Waals surface area (Å²) in [6.45, 7) is 0. The van der Waals surface area contributed by atoms with Crippen LogP contribution in [0.4, 0.5) is 0 Å². The average molecular weight is 336 g/mol. The van der Waals surface area contributed by atoms with Gasteiger partial charge in [0.2, 0.25) is 0 Å². The summed E-state index contributed by atoms with van der Waals surface area (Å²) in [6.07, 6.45) is 3.74. The van der Waals surface area contributed by atoms with Crippen LogP contribution in [0, 0.1) is 0 Å². The highest BCUT2D eigenvalue weighted by Crippen LogP contribution is 2.37. The van der Waals surface area contributed by atoms with Crippen molar-refractivity contribution in [3.63, 3.8) is 0 Å². The molecule has 0 aliphatic carbocycles. The van der Waals surface area contributed by atoms with Crippen LogP contribution in [-0.2, 0) is 4.57 Å². The van der Waals surface area contributed by atoms with Crippen LogP contribution >= 0.6 is 7.82 Å². The van der Waals surface area contributed by atoms with Gasteiger partial charge in [0.05, 0.1) is 14.2 Å². The third-order valence-electron chi connectivity index (χ3n) is 2.95. The van der Waals surface area contributed by atoms with E-state index < -0.39 is 7.82 Å². The van der Waals surface area contributed by atoms with Crippen molar-refractivity contribution in [3.8, 4) is 17.2 Å². The molecule has 2 aromatic rings. The molecule has 0 heterocycles. The molecule has 0 amide bonds. The summed E-state index contributed by atoms with van der Waals surface area (Å²) in [5, 5.41) is 0. The van der Waals surface area contributed by atoms with Gasteiger partial charge in [0.15, 0.2) is 0 Å². The number of phosphoric ester groups is 1. The molecule has 0 bridgehead atoms. The first-order chi connectivity index (χ1) is 10.9. The Morgan fingerprint density at radius 3 is 1.83 bits per heavy atom. The summed E-state index contributed by atoms with van der Waals surface area (Å²) in [5.74, 6) is 1.49. The maximum Gasteiger partial charge on any atom is 0.524 e. The molecule has 0 saturated carbocycles. The van der Waals surface area contributed by atoms with E-state index in [-0.39, 0.29) is 5.75 Å². The van der Waals surface area contributed by atoms with Crippen molar-refractivity contribution in [1.29, 1.82) is 0 Å². The molecule has 0 aliphatic rings. The zero-order valence-corrected chi connectivity index (χ0v) is 13.6. The Labute approximate surface area is 134 Å². The third-order valence-corrected chi connectivity index (χ3v) is 3.40. The van der Waals surface area contributed by atoms with Gasteiger partial charge < -0.3 is 14.0 Å². The zero-order chi connectivity index (χ0) is 16.9. The van der Waals surface area contributed by atoms with Gasteiger partial charge in [0, 0.05) is 6.07 Å². The van der Waals surface area contributed by atoms with Crippen LogP contribution in [0.15, 0.2) is 42.5 Å². The molecule has 2 aromatic carbocycles. The van der Waals surface area contributed by atoms with E-state index in [0.29, 0.717) is 11.5 Å². The molecule has 2 rings (SSSR count). The Morgan fingerprint density at radius 2 is 1.35 bits per heavy atom. The summed E-state index contributed by atoms with van der Waals surface area (Å²) in [4.78, 5) is 17.5. The van der Waals surface area contributed by atoms with Gasteiger partial charge in [0.1, 0.15) is 17.2 Å². The molecule has 0 aliphatic heterocycles. The van der Waals surface area contributed by atoms with Crippen LogP contribution in [0.2, 0.25) is 0 Å². The SMILES string of the molecule is COc1cc(/C=C/c2ccc(OP(=O)(O)O)cc2)cc(OC)c1. The van der Waals surface area contributed by atoms with Crippen molar-refractivity contribution >= 4 is 20.0 Å². The highest BCUT2D eigenvalue weighted by molar-refractivity contribution is 7.46. The number of methoxy groups -OCH3 is 2. The molecular formula is C16H17O6P. The first kappa shape index (κ1) is 17.1. The lowest BCUT2D eigenvalue weighted by molar-refractivity contribution is 0.283. The van der Waals surface area contributed by atoms with Gasteiger partial charge in [-0.25, -0.2) is 4.57 Å². The third kappa shape index (κ3) is 5.45. The number of rotatable bonds is 6. The Morgan fingerprint density at radius 1 is 0.826 bits per heavy atom. The molecule has 2 N–H and O–H groups in total. The minimum atomic E-state index is -4.53. The summed E-state index contributed by atoms with van der Waals surface area (Å²) >= 11 is 0. The Balaban J connectivity index is 2.15. The first-order valence-corrected chi connectivity index (χ1v) is 8.19. The van der Waals surface area contributed by atoms with E-state index in [1.165, 1.54) is 12.1 Å². The van der Waals surface area contributed by atoms with Crippen molar-refractivity contribution in [1.82, 2.24) is 0 Å². The van der Waals surface area contributed by atoms with Crippen LogP contribution in [0.1, 0.15) is 11.1 Å². The quantitative estimate of drug-likeness (QED) is 0.622. The predicted molar refractivity (Wildman–Crippen MR) is 87.6 cm³/mol. The molecule has 23 heavy (non-hydrogen) atoms. The maximum atomic E-state index is 10.8. The lowest BCUT2D eigenvalue weighted by Crippen LogP contribution is -1.89. The molecule has 0 radical (unpaired) electrons. The van der Waals surface area contributed by atoms with E-state index in [1.54, 1.807) is 32.4 Å². The smallest absolute Gasteiger partial charge is 0.497 e. The van der Waals surface area contributed by atoms with Gasteiger partial charge in [-0.1, -0.05) is 24.3 Å². The van der Waals surface area contributed by atoms with Crippen molar-refractivity contribution in [2.75, 3.05) is 14.2 Å². The fourth-order valence-electron chi connectivity index (χ4n) is 1.90. The second kappa shape index (κ2) is 7.33. The second-order valence-corrected chi connectivity index (χ2v) is 5.79. The minimum absolute atomic E-state index is 0.110. The van der Waals surface area contributed by atoms with Crippen LogP contribution in [0.25, 0.3) is 12.2 Å². The molecule has 0 atom stereocenters. The average Bonchev–Trinajstić information content (AvgIpc) is 2.52. The van der Waals surface area contributed by atoms with Crippen molar-refractivity contribution in [2.24, 2.45) is 0 Å². The second-order valence-electron chi connectivity index (χ2n) is 4.63. The molecule has 122 valence electrons. The van der Waals surface area contributed by atoms with E-state index in [9.17, 15) is 4.57 Å². The summed E-state index contributed by atoms with van der Waals surface area (Å²) < 4.78 is 25.7. The van der Waals surface area contributed by atoms with E-state index in [1.807, 2.05) is 24.3 Å². The largest absolute Gasteiger partial charge is 0.524 e. The van der Waals surface area contributed by atoms with Gasteiger partial charge in [-0.3, -0.25) is 9.79 Å². The Kier molecular flexibility index (Phi) is 5.45. The van der Waals surface area contributed by atoms with E-state index in [0.717, 1.165) is 11.1 Å². The molecule has 6 nitrogen and oxygen atoms in total. The minimum Gasteiger partial charge on any atom is -0.497 e. The van der Waals surface area contributed by atoms with Crippen LogP contribution in [-0.4, -0.2) is 24.0 Å². The highest BCUT2D eigenvalue weighted by atomic mass is 31.2. The van der Waals surface area contributed by atoms with Gasteiger partial charge in [-0.2, -0.15) is 0 Å². The number of phosphoric acid groups is 1. The highest BCUT2D eigenvalue weighted by Gasteiger charge is 2.15. The molecule has 0 saturated heterocycles. The van der Waals surface area contributed by atoms with E-state index >= 15 is 0 Å². The Bertz CT molecular complexity index is 710. The van der Waals surface area contributed by atoms with Gasteiger partial charge >= 0.3 is 7.82 Å². The summed E-state index contributed by atoms with van der Waals surface area (Å²) in [7, 11) is -1.36. The van der Waals surface area contributed by atoms with Crippen LogP contribution < -0.4 is 14.0 Å². The maximum absolute atomic E-state index is 10.8. The van der Waals surface area contributed by atoms with Crippen LogP contribution in [0.5, 0.6) is 17.2 Å². The standard InChI is InChI=1S/C16H17O6P/c1-20-15-9-13(10-16(11-15)21-2)4-3-12-5-7-14(8-6-12)22-23(17,18)19/h3-11H,1-2H3,(H2,17,18,19)/b4-3+. The van der Waals surface area contributed by atoms with Gasteiger partial charge in [-0.15, -0.1) is 0 Å². The number of hydrogen-bond donors (Lipinski definition) is 2. The number of ether oxygens (including phenoxy) is 2. The number of benzene rings is 2. The van der Waals surface area contributed by atoms with Crippen molar-refractivity contribution < 1.29 is 28.3 Å². The summed E-state index contributed by atoms with van der Waals surface area (Å²) in [5.41, 5.74) is 1.75. The van der Waals surface area contributed by atoms with Crippen molar-refractivity contribution in [3.05, 3.63) is 53.6 Å². The van der Waals surface area contributed by atoms with Gasteiger partial charge in [0.25, 0.3) is 0 Å². The van der Waals surface area contributed by atoms with Gasteiger partial charge in [-0.05, 0) is 35.4 Å². The molecule has 0 aromatic heterocycles. The first-order valence-electron chi connectivity index (χ1n) is 6.66. The molecular weight excluding hydrogens is 319 g/mol. The monoisotopic (exact) mass is 336 g/mol. The normalized spacial score (nSPS) is 11.5. The predicted octanol–water partition coefficient (Wildman–Crippen LogP) is 3.35. The zero-order valence-electron chi connectivity index (χ0n) is 12.7.